The molecule has 0 saturated heterocycles. The summed E-state index contributed by atoms with van der Waals surface area (Å²) >= 11 is 0. The van der Waals surface area contributed by atoms with Gasteiger partial charge in [0.1, 0.15) is 11.6 Å². The lowest BCUT2D eigenvalue weighted by atomic mass is 10.1. The minimum absolute atomic E-state index is 0.0931. The van der Waals surface area contributed by atoms with Crippen LogP contribution in [0.3, 0.4) is 0 Å². The fourth-order valence-electron chi connectivity index (χ4n) is 1.74. The second-order valence-corrected chi connectivity index (χ2v) is 4.24. The van der Waals surface area contributed by atoms with E-state index in [2.05, 4.69) is 4.90 Å². The third-order valence-corrected chi connectivity index (χ3v) is 2.73. The zero-order chi connectivity index (χ0) is 12.8. The maximum absolute atomic E-state index is 13.2. The Morgan fingerprint density at radius 2 is 2.12 bits per heavy atom. The van der Waals surface area contributed by atoms with Crippen LogP contribution in [0.25, 0.3) is 0 Å². The highest BCUT2D eigenvalue weighted by Crippen LogP contribution is 2.21. The first-order valence-corrected chi connectivity index (χ1v) is 5.75. The van der Waals surface area contributed by atoms with Crippen LogP contribution in [0.5, 0.6) is 5.75 Å². The summed E-state index contributed by atoms with van der Waals surface area (Å²) in [5, 5.41) is 9.00. The number of methoxy groups -OCH3 is 1. The van der Waals surface area contributed by atoms with Gasteiger partial charge < -0.3 is 9.84 Å². The van der Waals surface area contributed by atoms with Crippen molar-refractivity contribution in [2.75, 3.05) is 20.3 Å². The number of aliphatic hydroxyl groups is 1. The van der Waals surface area contributed by atoms with Crippen molar-refractivity contribution in [1.82, 2.24) is 4.90 Å². The van der Waals surface area contributed by atoms with E-state index >= 15 is 0 Å². The number of hydrogen-bond acceptors (Lipinski definition) is 3. The van der Waals surface area contributed by atoms with Crippen LogP contribution < -0.4 is 4.74 Å². The third-order valence-electron chi connectivity index (χ3n) is 2.73. The van der Waals surface area contributed by atoms with Crippen molar-refractivity contribution in [3.63, 3.8) is 0 Å². The van der Waals surface area contributed by atoms with Gasteiger partial charge in [0.15, 0.2) is 0 Å². The molecule has 1 rings (SSSR count). The van der Waals surface area contributed by atoms with Gasteiger partial charge in [-0.15, -0.1) is 0 Å². The van der Waals surface area contributed by atoms with Crippen LogP contribution >= 0.6 is 0 Å². The summed E-state index contributed by atoms with van der Waals surface area (Å²) in [4.78, 5) is 2.07. The van der Waals surface area contributed by atoms with Crippen molar-refractivity contribution < 1.29 is 14.2 Å². The Hall–Kier alpha value is -1.13. The summed E-state index contributed by atoms with van der Waals surface area (Å²) in [6, 6.07) is 4.78. The lowest BCUT2D eigenvalue weighted by molar-refractivity contribution is 0.158. The van der Waals surface area contributed by atoms with E-state index in [0.717, 1.165) is 5.56 Å². The molecule has 0 unspecified atom stereocenters. The van der Waals surface area contributed by atoms with E-state index in [0.29, 0.717) is 18.8 Å². The molecule has 3 nitrogen and oxygen atoms in total. The Bertz CT molecular complexity index is 355. The molecule has 0 heterocycles. The van der Waals surface area contributed by atoms with Gasteiger partial charge in [-0.25, -0.2) is 4.39 Å². The molecular weight excluding hydrogens is 221 g/mol. The fraction of sp³-hybridized carbons (Fsp3) is 0.538. The van der Waals surface area contributed by atoms with Crippen LogP contribution in [0, 0.1) is 5.82 Å². The molecule has 17 heavy (non-hydrogen) atoms. The number of ether oxygens (including phenoxy) is 1. The molecule has 0 atom stereocenters. The smallest absolute Gasteiger partial charge is 0.123 e. The van der Waals surface area contributed by atoms with Crippen molar-refractivity contribution in [3.05, 3.63) is 29.6 Å². The summed E-state index contributed by atoms with van der Waals surface area (Å²) in [5.74, 6) is 0.406. The van der Waals surface area contributed by atoms with Crippen LogP contribution in [0.15, 0.2) is 18.2 Å². The van der Waals surface area contributed by atoms with E-state index in [1.54, 1.807) is 13.2 Å². The van der Waals surface area contributed by atoms with Crippen molar-refractivity contribution >= 4 is 0 Å². The summed E-state index contributed by atoms with van der Waals surface area (Å²) < 4.78 is 18.4. The second kappa shape index (κ2) is 6.57. The van der Waals surface area contributed by atoms with Crippen LogP contribution in [0.2, 0.25) is 0 Å². The Morgan fingerprint density at radius 3 is 2.65 bits per heavy atom. The molecule has 1 aromatic carbocycles. The van der Waals surface area contributed by atoms with Crippen LogP contribution in [-0.4, -0.2) is 36.3 Å². The van der Waals surface area contributed by atoms with Gasteiger partial charge in [-0.1, -0.05) is 0 Å². The first kappa shape index (κ1) is 13.9. The first-order chi connectivity index (χ1) is 8.08. The molecule has 0 aromatic heterocycles. The van der Waals surface area contributed by atoms with E-state index in [1.807, 2.05) is 13.8 Å². The molecule has 0 fully saturated rings. The first-order valence-electron chi connectivity index (χ1n) is 5.75. The highest BCUT2D eigenvalue weighted by Gasteiger charge is 2.13. The maximum atomic E-state index is 13.2. The minimum atomic E-state index is -0.270. The Morgan fingerprint density at radius 1 is 1.41 bits per heavy atom. The van der Waals surface area contributed by atoms with E-state index in [-0.39, 0.29) is 18.5 Å². The topological polar surface area (TPSA) is 32.7 Å². The van der Waals surface area contributed by atoms with E-state index in [4.69, 9.17) is 9.84 Å². The Labute approximate surface area is 102 Å². The van der Waals surface area contributed by atoms with Crippen molar-refractivity contribution in [3.8, 4) is 5.75 Å². The number of rotatable bonds is 6. The van der Waals surface area contributed by atoms with Gasteiger partial charge in [-0.3, -0.25) is 4.90 Å². The van der Waals surface area contributed by atoms with Gasteiger partial charge in [0.25, 0.3) is 0 Å². The molecule has 0 aliphatic rings. The quantitative estimate of drug-likeness (QED) is 0.827. The molecular formula is C13H20FNO2. The van der Waals surface area contributed by atoms with Crippen LogP contribution in [0.1, 0.15) is 19.4 Å². The van der Waals surface area contributed by atoms with Gasteiger partial charge in [0.2, 0.25) is 0 Å². The Balaban J connectivity index is 2.87. The molecule has 96 valence electrons. The van der Waals surface area contributed by atoms with Gasteiger partial charge in [-0.2, -0.15) is 0 Å². The predicted octanol–water partition coefficient (Wildman–Crippen LogP) is 2.04. The minimum Gasteiger partial charge on any atom is -0.496 e. The average molecular weight is 241 g/mol. The molecule has 0 radical (unpaired) electrons. The molecule has 0 saturated carbocycles. The number of aliphatic hydroxyl groups excluding tert-OH is 1. The zero-order valence-corrected chi connectivity index (χ0v) is 10.6. The molecule has 1 N–H and O–H groups in total. The van der Waals surface area contributed by atoms with Crippen LogP contribution in [-0.2, 0) is 6.54 Å². The maximum Gasteiger partial charge on any atom is 0.123 e. The average Bonchev–Trinajstić information content (AvgIpc) is 2.28. The molecule has 0 spiro atoms. The van der Waals surface area contributed by atoms with Crippen LogP contribution in [0.4, 0.5) is 4.39 Å². The number of benzene rings is 1. The monoisotopic (exact) mass is 241 g/mol. The molecule has 0 amide bonds. The SMILES string of the molecule is COc1ccc(F)cc1CN(CCO)C(C)C. The van der Waals surface area contributed by atoms with E-state index in [9.17, 15) is 4.39 Å². The highest BCUT2D eigenvalue weighted by molar-refractivity contribution is 5.33. The van der Waals surface area contributed by atoms with E-state index < -0.39 is 0 Å². The normalized spacial score (nSPS) is 11.2. The predicted molar refractivity (Wildman–Crippen MR) is 65.6 cm³/mol. The molecule has 4 heteroatoms. The van der Waals surface area contributed by atoms with Crippen molar-refractivity contribution in [1.29, 1.82) is 0 Å². The van der Waals surface area contributed by atoms with Gasteiger partial charge in [0, 0.05) is 24.7 Å². The Kier molecular flexibility index (Phi) is 5.38. The lowest BCUT2D eigenvalue weighted by Crippen LogP contribution is -2.33. The highest BCUT2D eigenvalue weighted by atomic mass is 19.1. The van der Waals surface area contributed by atoms with E-state index in [1.165, 1.54) is 12.1 Å². The van der Waals surface area contributed by atoms with Gasteiger partial charge in [-0.05, 0) is 32.0 Å². The standard InChI is InChI=1S/C13H20FNO2/c1-10(2)15(6-7-16)9-11-8-12(14)4-5-13(11)17-3/h4-5,8,10,16H,6-7,9H2,1-3H3. The number of nitrogens with zero attached hydrogens (tertiary/aromatic N) is 1. The fourth-order valence-corrected chi connectivity index (χ4v) is 1.74. The molecule has 0 aliphatic heterocycles. The van der Waals surface area contributed by atoms with Gasteiger partial charge in [0.05, 0.1) is 13.7 Å². The lowest BCUT2D eigenvalue weighted by Gasteiger charge is -2.26. The summed E-state index contributed by atoms with van der Waals surface area (Å²) in [6.45, 7) is 5.31. The summed E-state index contributed by atoms with van der Waals surface area (Å²) in [7, 11) is 1.57. The second-order valence-electron chi connectivity index (χ2n) is 4.24. The zero-order valence-electron chi connectivity index (χ0n) is 10.6. The van der Waals surface area contributed by atoms with Crippen molar-refractivity contribution in [2.24, 2.45) is 0 Å². The van der Waals surface area contributed by atoms with Crippen molar-refractivity contribution in [2.45, 2.75) is 26.4 Å². The third kappa shape index (κ3) is 3.98. The molecule has 0 bridgehead atoms. The largest absolute Gasteiger partial charge is 0.496 e. The number of hydrogen-bond donors (Lipinski definition) is 1. The molecule has 0 aliphatic carbocycles. The number of halogens is 1. The summed E-state index contributed by atoms with van der Waals surface area (Å²) in [6.07, 6.45) is 0. The summed E-state index contributed by atoms with van der Waals surface area (Å²) in [5.41, 5.74) is 0.801. The van der Waals surface area contributed by atoms with Gasteiger partial charge >= 0.3 is 0 Å². The molecule has 1 aromatic rings.